The van der Waals surface area contributed by atoms with Gasteiger partial charge >= 0.3 is 0 Å². The maximum Gasteiger partial charge on any atom is 0.274 e. The standard InChI is InChI=1S/C17H15FN2O3S/c1-24(22,23)16-14(19)17(21)20(13-9-7-12(18)8-10-13)15(16)11-5-3-2-4-6-11/h2-10,15-16,19H,1H3/t15-,16-/m0/s1. The predicted octanol–water partition coefficient (Wildman–Crippen LogP) is 2.35. The molecule has 1 heterocycles. The highest BCUT2D eigenvalue weighted by atomic mass is 32.2. The monoisotopic (exact) mass is 346 g/mol. The number of carbonyl (C=O) groups excluding carboxylic acids is 1. The van der Waals surface area contributed by atoms with Crippen molar-refractivity contribution in [1.82, 2.24) is 0 Å². The number of sulfone groups is 1. The van der Waals surface area contributed by atoms with Gasteiger partial charge < -0.3 is 0 Å². The first-order chi connectivity index (χ1) is 11.3. The van der Waals surface area contributed by atoms with Crippen molar-refractivity contribution >= 4 is 27.1 Å². The molecule has 0 bridgehead atoms. The number of nitrogens with one attached hydrogen (secondary N) is 1. The molecule has 0 aliphatic carbocycles. The van der Waals surface area contributed by atoms with Crippen LogP contribution in [0.4, 0.5) is 10.1 Å². The molecular formula is C17H15FN2O3S. The van der Waals surface area contributed by atoms with E-state index in [4.69, 9.17) is 5.41 Å². The van der Waals surface area contributed by atoms with Crippen molar-refractivity contribution in [2.75, 3.05) is 11.2 Å². The van der Waals surface area contributed by atoms with Gasteiger partial charge in [0.2, 0.25) is 0 Å². The van der Waals surface area contributed by atoms with Crippen LogP contribution in [-0.2, 0) is 14.6 Å². The molecule has 5 nitrogen and oxygen atoms in total. The van der Waals surface area contributed by atoms with Crippen molar-refractivity contribution in [3.8, 4) is 0 Å². The summed E-state index contributed by atoms with van der Waals surface area (Å²) in [6, 6.07) is 13.0. The second-order valence-corrected chi connectivity index (χ2v) is 7.84. The minimum Gasteiger partial charge on any atom is -0.298 e. The molecule has 0 unspecified atom stereocenters. The Morgan fingerprint density at radius 1 is 1.04 bits per heavy atom. The Labute approximate surface area is 139 Å². The van der Waals surface area contributed by atoms with Crippen LogP contribution in [-0.4, -0.2) is 31.5 Å². The van der Waals surface area contributed by atoms with E-state index >= 15 is 0 Å². The molecule has 0 saturated carbocycles. The van der Waals surface area contributed by atoms with Crippen LogP contribution in [0.2, 0.25) is 0 Å². The lowest BCUT2D eigenvalue weighted by Crippen LogP contribution is -2.33. The Bertz CT molecular complexity index is 895. The summed E-state index contributed by atoms with van der Waals surface area (Å²) in [6.07, 6.45) is 1.02. The minimum atomic E-state index is -3.69. The van der Waals surface area contributed by atoms with Gasteiger partial charge in [-0.3, -0.25) is 15.1 Å². The average Bonchev–Trinajstić information content (AvgIpc) is 2.81. The van der Waals surface area contributed by atoms with Crippen LogP contribution in [0.1, 0.15) is 11.6 Å². The van der Waals surface area contributed by atoms with Gasteiger partial charge in [-0.15, -0.1) is 0 Å². The SMILES string of the molecule is CS(=O)(=O)[C@H]1C(=N)C(=O)N(c2ccc(F)cc2)[C@H]1c1ccccc1. The van der Waals surface area contributed by atoms with E-state index in [0.29, 0.717) is 11.3 Å². The third-order valence-corrected chi connectivity index (χ3v) is 5.42. The summed E-state index contributed by atoms with van der Waals surface area (Å²) < 4.78 is 37.6. The molecule has 2 aromatic carbocycles. The zero-order chi connectivity index (χ0) is 17.5. The number of halogens is 1. The number of amides is 1. The molecule has 1 amide bonds. The van der Waals surface area contributed by atoms with Gasteiger partial charge in [-0.2, -0.15) is 0 Å². The molecule has 7 heteroatoms. The van der Waals surface area contributed by atoms with E-state index in [1.54, 1.807) is 30.3 Å². The lowest BCUT2D eigenvalue weighted by molar-refractivity contribution is -0.112. The lowest BCUT2D eigenvalue weighted by atomic mass is 10.0. The first-order valence-electron chi connectivity index (χ1n) is 7.22. The van der Waals surface area contributed by atoms with Crippen LogP contribution in [0.15, 0.2) is 54.6 Å². The van der Waals surface area contributed by atoms with Crippen molar-refractivity contribution in [1.29, 1.82) is 5.41 Å². The third kappa shape index (κ3) is 2.71. The maximum atomic E-state index is 13.2. The second-order valence-electron chi connectivity index (χ2n) is 5.67. The number of hydrogen-bond acceptors (Lipinski definition) is 4. The van der Waals surface area contributed by atoms with Crippen molar-refractivity contribution in [2.45, 2.75) is 11.3 Å². The summed E-state index contributed by atoms with van der Waals surface area (Å²) in [5.74, 6) is -1.15. The number of carbonyl (C=O) groups is 1. The second kappa shape index (κ2) is 5.83. The van der Waals surface area contributed by atoms with Crippen LogP contribution in [0.5, 0.6) is 0 Å². The van der Waals surface area contributed by atoms with Crippen molar-refractivity contribution < 1.29 is 17.6 Å². The molecule has 2 aromatic rings. The van der Waals surface area contributed by atoms with Gasteiger partial charge in [0, 0.05) is 11.9 Å². The van der Waals surface area contributed by atoms with Crippen LogP contribution in [0.25, 0.3) is 0 Å². The van der Waals surface area contributed by atoms with Gasteiger partial charge in [-0.1, -0.05) is 30.3 Å². The highest BCUT2D eigenvalue weighted by Gasteiger charge is 2.51. The number of hydrogen-bond donors (Lipinski definition) is 1. The highest BCUT2D eigenvalue weighted by Crippen LogP contribution is 2.38. The largest absolute Gasteiger partial charge is 0.298 e. The summed E-state index contributed by atoms with van der Waals surface area (Å²) in [7, 11) is -3.69. The Morgan fingerprint density at radius 2 is 1.62 bits per heavy atom. The molecule has 1 saturated heterocycles. The molecule has 3 rings (SSSR count). The molecule has 1 fully saturated rings. The fourth-order valence-corrected chi connectivity index (χ4v) is 4.25. The Hall–Kier alpha value is -2.54. The van der Waals surface area contributed by atoms with Gasteiger partial charge in [-0.05, 0) is 29.8 Å². The third-order valence-electron chi connectivity index (χ3n) is 4.01. The zero-order valence-corrected chi connectivity index (χ0v) is 13.6. The van der Waals surface area contributed by atoms with E-state index in [-0.39, 0.29) is 0 Å². The maximum absolute atomic E-state index is 13.2. The Morgan fingerprint density at radius 3 is 2.17 bits per heavy atom. The molecule has 1 aliphatic rings. The Balaban J connectivity index is 2.20. The van der Waals surface area contributed by atoms with E-state index < -0.39 is 38.6 Å². The number of nitrogens with zero attached hydrogens (tertiary/aromatic N) is 1. The molecule has 2 atom stereocenters. The topological polar surface area (TPSA) is 78.3 Å². The smallest absolute Gasteiger partial charge is 0.274 e. The van der Waals surface area contributed by atoms with Gasteiger partial charge in [0.1, 0.15) is 16.8 Å². The summed E-state index contributed by atoms with van der Waals surface area (Å²) in [4.78, 5) is 13.8. The van der Waals surface area contributed by atoms with Crippen LogP contribution >= 0.6 is 0 Å². The number of anilines is 1. The number of benzene rings is 2. The van der Waals surface area contributed by atoms with Crippen LogP contribution < -0.4 is 4.90 Å². The molecule has 0 aromatic heterocycles. The van der Waals surface area contributed by atoms with Gasteiger partial charge in [0.05, 0.1) is 6.04 Å². The lowest BCUT2D eigenvalue weighted by Gasteiger charge is -2.27. The fourth-order valence-electron chi connectivity index (χ4n) is 2.97. The normalized spacial score (nSPS) is 21.3. The zero-order valence-electron chi connectivity index (χ0n) is 12.8. The van der Waals surface area contributed by atoms with Crippen LogP contribution in [0, 0.1) is 11.2 Å². The van der Waals surface area contributed by atoms with Crippen molar-refractivity contribution in [3.63, 3.8) is 0 Å². The minimum absolute atomic E-state index is 0.353. The molecule has 0 spiro atoms. The molecular weight excluding hydrogens is 331 g/mol. The highest BCUT2D eigenvalue weighted by molar-refractivity contribution is 7.92. The number of rotatable bonds is 3. The predicted molar refractivity (Wildman–Crippen MR) is 89.4 cm³/mol. The van der Waals surface area contributed by atoms with E-state index in [9.17, 15) is 17.6 Å². The molecule has 1 N–H and O–H groups in total. The summed E-state index contributed by atoms with van der Waals surface area (Å²) in [5.41, 5.74) is 0.481. The summed E-state index contributed by atoms with van der Waals surface area (Å²) >= 11 is 0. The van der Waals surface area contributed by atoms with Crippen molar-refractivity contribution in [2.24, 2.45) is 0 Å². The molecule has 0 radical (unpaired) electrons. The van der Waals surface area contributed by atoms with Crippen molar-refractivity contribution in [3.05, 3.63) is 66.0 Å². The van der Waals surface area contributed by atoms with E-state index in [2.05, 4.69) is 0 Å². The summed E-state index contributed by atoms with van der Waals surface area (Å²) in [6.45, 7) is 0. The average molecular weight is 346 g/mol. The van der Waals surface area contributed by atoms with Gasteiger partial charge in [-0.25, -0.2) is 12.8 Å². The Kier molecular flexibility index (Phi) is 3.96. The van der Waals surface area contributed by atoms with Gasteiger partial charge in [0.15, 0.2) is 9.84 Å². The van der Waals surface area contributed by atoms with E-state index in [1.165, 1.54) is 29.2 Å². The first-order valence-corrected chi connectivity index (χ1v) is 9.17. The van der Waals surface area contributed by atoms with E-state index in [0.717, 1.165) is 6.26 Å². The first kappa shape index (κ1) is 16.3. The summed E-state index contributed by atoms with van der Waals surface area (Å²) in [5, 5.41) is 6.76. The quantitative estimate of drug-likeness (QED) is 0.926. The molecule has 124 valence electrons. The van der Waals surface area contributed by atoms with Crippen LogP contribution in [0.3, 0.4) is 0 Å². The molecule has 24 heavy (non-hydrogen) atoms. The van der Waals surface area contributed by atoms with Gasteiger partial charge in [0.25, 0.3) is 5.91 Å². The molecule has 1 aliphatic heterocycles. The fraction of sp³-hybridized carbons (Fsp3) is 0.176. The van der Waals surface area contributed by atoms with E-state index in [1.807, 2.05) is 0 Å².